The molecule has 1 amide bonds. The van der Waals surface area contributed by atoms with E-state index in [1.165, 1.54) is 16.8 Å². The van der Waals surface area contributed by atoms with Gasteiger partial charge in [0.15, 0.2) is 5.82 Å². The van der Waals surface area contributed by atoms with Crippen LogP contribution in [0.2, 0.25) is 5.02 Å². The van der Waals surface area contributed by atoms with Crippen LogP contribution in [0.4, 0.5) is 24.8 Å². The van der Waals surface area contributed by atoms with E-state index in [-0.39, 0.29) is 5.56 Å². The lowest BCUT2D eigenvalue weighted by molar-refractivity contribution is -0.123. The van der Waals surface area contributed by atoms with Gasteiger partial charge in [0.1, 0.15) is 6.54 Å². The number of halogens is 4. The first-order valence-corrected chi connectivity index (χ1v) is 9.99. The van der Waals surface area contributed by atoms with E-state index in [4.69, 9.17) is 11.6 Å². The molecule has 0 fully saturated rings. The van der Waals surface area contributed by atoms with Crippen LogP contribution in [0.25, 0.3) is 22.5 Å². The lowest BCUT2D eigenvalue weighted by Crippen LogP contribution is -2.33. The monoisotopic (exact) mass is 475 g/mol. The first kappa shape index (κ1) is 22.3. The number of hydrogen-bond acceptors (Lipinski definition) is 5. The lowest BCUT2D eigenvalue weighted by Gasteiger charge is -2.08. The number of aromatic amines is 1. The minimum Gasteiger partial charge on any atom is -0.343 e. The second-order valence-corrected chi connectivity index (χ2v) is 7.47. The van der Waals surface area contributed by atoms with Crippen molar-refractivity contribution in [3.8, 4) is 22.5 Å². The van der Waals surface area contributed by atoms with Crippen LogP contribution < -0.4 is 10.6 Å². The Bertz CT molecular complexity index is 1270. The summed E-state index contributed by atoms with van der Waals surface area (Å²) in [6, 6.07) is 11.4. The summed E-state index contributed by atoms with van der Waals surface area (Å²) in [7, 11) is 1.71. The van der Waals surface area contributed by atoms with Gasteiger partial charge in [-0.15, -0.1) is 5.10 Å². The van der Waals surface area contributed by atoms with E-state index in [1.807, 2.05) is 17.4 Å². The van der Waals surface area contributed by atoms with Crippen molar-refractivity contribution in [1.29, 1.82) is 0 Å². The van der Waals surface area contributed by atoms with Crippen LogP contribution in [0.1, 0.15) is 10.4 Å². The molecule has 4 aromatic rings. The van der Waals surface area contributed by atoms with Gasteiger partial charge in [0.2, 0.25) is 5.95 Å². The Kier molecular flexibility index (Phi) is 6.05. The number of carbonyl (C=O) groups excluding carboxylic acids is 1. The zero-order valence-electron chi connectivity index (χ0n) is 17.1. The van der Waals surface area contributed by atoms with Crippen LogP contribution >= 0.6 is 11.6 Å². The van der Waals surface area contributed by atoms with Gasteiger partial charge >= 0.3 is 6.18 Å². The number of anilines is 2. The maximum Gasteiger partial charge on any atom is 0.405 e. The third-order valence-electron chi connectivity index (χ3n) is 4.65. The summed E-state index contributed by atoms with van der Waals surface area (Å²) in [6.45, 7) is -1.39. The molecule has 0 saturated carbocycles. The summed E-state index contributed by atoms with van der Waals surface area (Å²) in [4.78, 5) is 16.3. The zero-order valence-corrected chi connectivity index (χ0v) is 17.9. The molecule has 170 valence electrons. The van der Waals surface area contributed by atoms with Crippen LogP contribution in [0, 0.1) is 0 Å². The fourth-order valence-electron chi connectivity index (χ4n) is 3.02. The fourth-order valence-corrected chi connectivity index (χ4v) is 3.31. The maximum absolute atomic E-state index is 12.3. The van der Waals surface area contributed by atoms with Gasteiger partial charge in [-0.25, -0.2) is 4.68 Å². The molecule has 0 saturated heterocycles. The third kappa shape index (κ3) is 5.32. The van der Waals surface area contributed by atoms with Crippen molar-refractivity contribution in [2.24, 2.45) is 7.05 Å². The normalized spacial score (nSPS) is 11.4. The second kappa shape index (κ2) is 8.94. The standard InChI is InChI=1S/C21H17ClF3N7O/c1-32-20(29-15-6-7-16(17(22)8-15)14-9-27-28-10-14)30-18(31-32)12-2-4-13(5-3-12)19(33)26-11-21(23,24)25/h2-10H,11H2,1H3,(H,26,33)(H,27,28)(H,29,30,31). The third-order valence-corrected chi connectivity index (χ3v) is 4.96. The van der Waals surface area contributed by atoms with Crippen molar-refractivity contribution in [3.63, 3.8) is 0 Å². The Balaban J connectivity index is 1.47. The number of alkyl halides is 3. The highest BCUT2D eigenvalue weighted by Gasteiger charge is 2.27. The fraction of sp³-hybridized carbons (Fsp3) is 0.143. The van der Waals surface area contributed by atoms with Crippen molar-refractivity contribution in [3.05, 3.63) is 65.4 Å². The summed E-state index contributed by atoms with van der Waals surface area (Å²) < 4.78 is 38.3. The van der Waals surface area contributed by atoms with Crippen LogP contribution in [0.15, 0.2) is 54.9 Å². The molecule has 8 nitrogen and oxygen atoms in total. The van der Waals surface area contributed by atoms with Crippen molar-refractivity contribution >= 4 is 29.1 Å². The van der Waals surface area contributed by atoms with E-state index >= 15 is 0 Å². The van der Waals surface area contributed by atoms with E-state index in [9.17, 15) is 18.0 Å². The average Bonchev–Trinajstić information content (AvgIpc) is 3.42. The number of nitrogens with one attached hydrogen (secondary N) is 3. The van der Waals surface area contributed by atoms with Gasteiger partial charge < -0.3 is 10.6 Å². The molecular formula is C21H17ClF3N7O. The number of H-pyrrole nitrogens is 1. The number of hydrogen-bond donors (Lipinski definition) is 3. The summed E-state index contributed by atoms with van der Waals surface area (Å²) in [5.41, 5.74) is 3.09. The van der Waals surface area contributed by atoms with Gasteiger partial charge in [-0.2, -0.15) is 23.3 Å². The van der Waals surface area contributed by atoms with Gasteiger partial charge in [0.25, 0.3) is 5.91 Å². The van der Waals surface area contributed by atoms with E-state index in [1.54, 1.807) is 37.6 Å². The van der Waals surface area contributed by atoms with Crippen LogP contribution in [-0.4, -0.2) is 43.6 Å². The molecule has 0 bridgehead atoms. The minimum atomic E-state index is -4.47. The number of nitrogens with zero attached hydrogens (tertiary/aromatic N) is 4. The van der Waals surface area contributed by atoms with E-state index < -0.39 is 18.6 Å². The van der Waals surface area contributed by atoms with E-state index in [0.717, 1.165) is 11.1 Å². The van der Waals surface area contributed by atoms with Crippen LogP contribution in [-0.2, 0) is 7.05 Å². The molecule has 0 unspecified atom stereocenters. The predicted octanol–water partition coefficient (Wildman–Crippen LogP) is 4.56. The molecule has 0 radical (unpaired) electrons. The first-order valence-electron chi connectivity index (χ1n) is 9.62. The van der Waals surface area contributed by atoms with Gasteiger partial charge in [0, 0.05) is 41.2 Å². The Labute approximate surface area is 190 Å². The number of aryl methyl sites for hydroxylation is 1. The smallest absolute Gasteiger partial charge is 0.343 e. The Morgan fingerprint density at radius 2 is 1.91 bits per heavy atom. The molecule has 2 aromatic carbocycles. The summed E-state index contributed by atoms with van der Waals surface area (Å²) in [5, 5.41) is 16.5. The number of carbonyl (C=O) groups is 1. The van der Waals surface area contributed by atoms with Gasteiger partial charge in [0.05, 0.1) is 11.2 Å². The molecule has 0 aliphatic heterocycles. The average molecular weight is 476 g/mol. The molecule has 0 spiro atoms. The van der Waals surface area contributed by atoms with Crippen LogP contribution in [0.3, 0.4) is 0 Å². The Morgan fingerprint density at radius 3 is 2.55 bits per heavy atom. The highest BCUT2D eigenvalue weighted by Crippen LogP contribution is 2.31. The first-order chi connectivity index (χ1) is 15.7. The lowest BCUT2D eigenvalue weighted by atomic mass is 10.1. The van der Waals surface area contributed by atoms with Crippen molar-refractivity contribution in [1.82, 2.24) is 30.3 Å². The van der Waals surface area contributed by atoms with E-state index in [2.05, 4.69) is 25.6 Å². The molecule has 3 N–H and O–H groups in total. The molecule has 0 atom stereocenters. The molecule has 33 heavy (non-hydrogen) atoms. The maximum atomic E-state index is 12.3. The zero-order chi connectivity index (χ0) is 23.6. The summed E-state index contributed by atoms with van der Waals surface area (Å²) in [5.74, 6) is 0.0124. The second-order valence-electron chi connectivity index (χ2n) is 7.06. The Morgan fingerprint density at radius 1 is 1.15 bits per heavy atom. The van der Waals surface area contributed by atoms with E-state index in [0.29, 0.717) is 28.0 Å². The van der Waals surface area contributed by atoms with Crippen LogP contribution in [0.5, 0.6) is 0 Å². The summed E-state index contributed by atoms with van der Waals surface area (Å²) in [6.07, 6.45) is -1.05. The quantitative estimate of drug-likeness (QED) is 0.379. The van der Waals surface area contributed by atoms with Gasteiger partial charge in [-0.05, 0) is 24.3 Å². The topological polar surface area (TPSA) is 101 Å². The van der Waals surface area contributed by atoms with Crippen molar-refractivity contribution < 1.29 is 18.0 Å². The number of rotatable bonds is 6. The van der Waals surface area contributed by atoms with Crippen molar-refractivity contribution in [2.75, 3.05) is 11.9 Å². The molecule has 2 aromatic heterocycles. The highest BCUT2D eigenvalue weighted by molar-refractivity contribution is 6.33. The molecule has 12 heteroatoms. The number of aromatic nitrogens is 5. The van der Waals surface area contributed by atoms with Gasteiger partial charge in [-0.1, -0.05) is 29.8 Å². The SMILES string of the molecule is Cn1nc(-c2ccc(C(=O)NCC(F)(F)F)cc2)nc1Nc1ccc(-c2cn[nH]c2)c(Cl)c1. The predicted molar refractivity (Wildman–Crippen MR) is 117 cm³/mol. The molecule has 0 aliphatic rings. The Hall–Kier alpha value is -3.86. The molecule has 0 aliphatic carbocycles. The molecule has 2 heterocycles. The molecular weight excluding hydrogens is 459 g/mol. The number of benzene rings is 2. The summed E-state index contributed by atoms with van der Waals surface area (Å²) >= 11 is 6.40. The highest BCUT2D eigenvalue weighted by atomic mass is 35.5. The van der Waals surface area contributed by atoms with Crippen molar-refractivity contribution in [2.45, 2.75) is 6.18 Å². The molecule has 4 rings (SSSR count). The largest absolute Gasteiger partial charge is 0.405 e. The number of amides is 1. The minimum absolute atomic E-state index is 0.102. The van der Waals surface area contributed by atoms with Gasteiger partial charge in [-0.3, -0.25) is 9.89 Å².